The Balaban J connectivity index is 0.00000199. The van der Waals surface area contributed by atoms with E-state index >= 15 is 0 Å². The summed E-state index contributed by atoms with van der Waals surface area (Å²) in [7, 11) is 0. The highest BCUT2D eigenvalue weighted by Crippen LogP contribution is 2.45. The normalized spacial score (nSPS) is 14.3. The van der Waals surface area contributed by atoms with E-state index in [0.29, 0.717) is 37.3 Å². The Kier molecular flexibility index (Phi) is 10.4. The molecule has 2 aromatic heterocycles. The molecule has 3 rings (SSSR count). The van der Waals surface area contributed by atoms with Crippen LogP contribution in [-0.4, -0.2) is 53.0 Å². The number of anilines is 1. The molecule has 0 bridgehead atoms. The van der Waals surface area contributed by atoms with Crippen molar-refractivity contribution in [3.05, 3.63) is 53.7 Å². The first-order valence-corrected chi connectivity index (χ1v) is 12.2. The molecule has 1 saturated carbocycles. The summed E-state index contributed by atoms with van der Waals surface area (Å²) in [4.78, 5) is 25.4. The van der Waals surface area contributed by atoms with Gasteiger partial charge in [0.05, 0.1) is 16.8 Å². The monoisotopic (exact) mass is 468 g/mol. The molecule has 0 spiro atoms. The van der Waals surface area contributed by atoms with Crippen LogP contribution < -0.4 is 10.2 Å². The molecule has 0 radical (unpaired) electrons. The van der Waals surface area contributed by atoms with Gasteiger partial charge in [-0.15, -0.1) is 0 Å². The summed E-state index contributed by atoms with van der Waals surface area (Å²) in [6.07, 6.45) is 5.17. The summed E-state index contributed by atoms with van der Waals surface area (Å²) in [6.45, 7) is 12.5. The maximum atomic E-state index is 14.1. The van der Waals surface area contributed by atoms with E-state index in [9.17, 15) is 9.18 Å². The topological polar surface area (TPSA) is 85.1 Å². The van der Waals surface area contributed by atoms with Gasteiger partial charge in [-0.2, -0.15) is 5.26 Å². The first-order valence-electron chi connectivity index (χ1n) is 12.2. The van der Waals surface area contributed by atoms with Gasteiger partial charge in [0.1, 0.15) is 17.7 Å². The third-order valence-electron chi connectivity index (χ3n) is 6.03. The first-order chi connectivity index (χ1) is 16.4. The predicted molar refractivity (Wildman–Crippen MR) is 133 cm³/mol. The van der Waals surface area contributed by atoms with Gasteiger partial charge < -0.3 is 15.1 Å². The number of rotatable bonds is 11. The van der Waals surface area contributed by atoms with Gasteiger partial charge in [0.25, 0.3) is 0 Å². The molecule has 1 atom stereocenters. The van der Waals surface area contributed by atoms with Crippen molar-refractivity contribution in [3.63, 3.8) is 0 Å². The summed E-state index contributed by atoms with van der Waals surface area (Å²) in [5.74, 6) is 0.550. The van der Waals surface area contributed by atoms with Gasteiger partial charge in [0.15, 0.2) is 0 Å². The number of likely N-dealkylation sites (N-methyl/N-ethyl adjacent to an activating group) is 2. The van der Waals surface area contributed by atoms with Crippen molar-refractivity contribution in [2.75, 3.05) is 31.1 Å². The average molecular weight is 469 g/mol. The minimum Gasteiger partial charge on any atom is -0.352 e. The number of nitrogens with one attached hydrogen (secondary N) is 1. The van der Waals surface area contributed by atoms with Gasteiger partial charge in [0, 0.05) is 51.0 Å². The lowest BCUT2D eigenvalue weighted by Gasteiger charge is -2.33. The Hall–Kier alpha value is -3.05. The number of hydrogen-bond donors (Lipinski definition) is 1. The van der Waals surface area contributed by atoms with Gasteiger partial charge in [-0.3, -0.25) is 9.78 Å². The van der Waals surface area contributed by atoms with E-state index in [1.807, 2.05) is 38.7 Å². The third-order valence-corrected chi connectivity index (χ3v) is 6.03. The highest BCUT2D eigenvalue weighted by atomic mass is 19.1. The number of carbonyl (C=O) groups excluding carboxylic acids is 1. The minimum absolute atomic E-state index is 0.0629. The van der Waals surface area contributed by atoms with Crippen LogP contribution in [0.4, 0.5) is 10.2 Å². The van der Waals surface area contributed by atoms with E-state index in [4.69, 9.17) is 5.26 Å². The standard InChI is InChI=1S/C24H31FN6O.C2H6/c1-4-30(17-18(3)31(5-2)21-9-8-19(15-26)16-28-21)22(32)10-14-29-24(11-12-24)23-20(25)7-6-13-27-23;1-2/h6-9,13,16,18,29H,4-5,10-12,14,17H2,1-3H3;1-2H3. The third kappa shape index (κ3) is 6.73. The Labute approximate surface area is 203 Å². The van der Waals surface area contributed by atoms with Crippen molar-refractivity contribution in [2.45, 2.75) is 65.5 Å². The van der Waals surface area contributed by atoms with E-state index in [0.717, 1.165) is 25.2 Å². The second-order valence-electron chi connectivity index (χ2n) is 8.18. The number of carbonyl (C=O) groups is 1. The lowest BCUT2D eigenvalue weighted by atomic mass is 10.1. The summed E-state index contributed by atoms with van der Waals surface area (Å²) in [6, 6.07) is 8.76. The van der Waals surface area contributed by atoms with Gasteiger partial charge >= 0.3 is 0 Å². The van der Waals surface area contributed by atoms with Crippen molar-refractivity contribution in [2.24, 2.45) is 0 Å². The fourth-order valence-corrected chi connectivity index (χ4v) is 4.07. The van der Waals surface area contributed by atoms with Crippen molar-refractivity contribution < 1.29 is 9.18 Å². The van der Waals surface area contributed by atoms with E-state index in [1.54, 1.807) is 24.5 Å². The van der Waals surface area contributed by atoms with Gasteiger partial charge in [-0.25, -0.2) is 9.37 Å². The van der Waals surface area contributed by atoms with E-state index in [1.165, 1.54) is 6.07 Å². The van der Waals surface area contributed by atoms with Gasteiger partial charge in [0.2, 0.25) is 5.91 Å². The largest absolute Gasteiger partial charge is 0.352 e. The molecule has 0 aliphatic heterocycles. The van der Waals surface area contributed by atoms with Crippen LogP contribution in [0.3, 0.4) is 0 Å². The molecular weight excluding hydrogens is 431 g/mol. The molecule has 1 fully saturated rings. The summed E-state index contributed by atoms with van der Waals surface area (Å²) < 4.78 is 14.1. The number of nitrogens with zero attached hydrogens (tertiary/aromatic N) is 5. The zero-order chi connectivity index (χ0) is 25.1. The summed E-state index contributed by atoms with van der Waals surface area (Å²) in [5, 5.41) is 12.3. The van der Waals surface area contributed by atoms with Gasteiger partial charge in [-0.05, 0) is 57.9 Å². The lowest BCUT2D eigenvalue weighted by molar-refractivity contribution is -0.131. The summed E-state index contributed by atoms with van der Waals surface area (Å²) in [5.41, 5.74) is 0.534. The van der Waals surface area contributed by atoms with Crippen LogP contribution in [-0.2, 0) is 10.3 Å². The maximum Gasteiger partial charge on any atom is 0.223 e. The van der Waals surface area contributed by atoms with E-state index in [-0.39, 0.29) is 17.8 Å². The first kappa shape index (κ1) is 27.2. The van der Waals surface area contributed by atoms with Crippen LogP contribution in [0.15, 0.2) is 36.7 Å². The van der Waals surface area contributed by atoms with Crippen LogP contribution in [0.25, 0.3) is 0 Å². The molecule has 1 aliphatic rings. The van der Waals surface area contributed by atoms with Crippen LogP contribution in [0, 0.1) is 17.1 Å². The molecule has 7 nitrogen and oxygen atoms in total. The molecule has 184 valence electrons. The SMILES string of the molecule is CC.CCN(CC(C)N(CC)c1ccc(C#N)cn1)C(=O)CCNC1(c2ncccc2F)CC1. The summed E-state index contributed by atoms with van der Waals surface area (Å²) >= 11 is 0. The maximum absolute atomic E-state index is 14.1. The molecule has 1 unspecified atom stereocenters. The fraction of sp³-hybridized carbons (Fsp3) is 0.538. The van der Waals surface area contributed by atoms with Crippen LogP contribution in [0.5, 0.6) is 0 Å². The van der Waals surface area contributed by atoms with Gasteiger partial charge in [-0.1, -0.05) is 13.8 Å². The zero-order valence-corrected chi connectivity index (χ0v) is 21.0. The van der Waals surface area contributed by atoms with E-state index < -0.39 is 5.54 Å². The van der Waals surface area contributed by atoms with Crippen molar-refractivity contribution in [3.8, 4) is 6.07 Å². The Morgan fingerprint density at radius 2 is 1.97 bits per heavy atom. The van der Waals surface area contributed by atoms with Crippen molar-refractivity contribution in [1.82, 2.24) is 20.2 Å². The number of pyridine rings is 2. The number of nitriles is 1. The number of amides is 1. The van der Waals surface area contributed by atoms with Crippen LogP contribution in [0.1, 0.15) is 65.1 Å². The predicted octanol–water partition coefficient (Wildman–Crippen LogP) is 4.25. The van der Waals surface area contributed by atoms with Crippen LogP contribution >= 0.6 is 0 Å². The highest BCUT2D eigenvalue weighted by molar-refractivity contribution is 5.76. The average Bonchev–Trinajstić information content (AvgIpc) is 3.65. The molecular formula is C26H37FN6O. The molecule has 8 heteroatoms. The molecule has 34 heavy (non-hydrogen) atoms. The van der Waals surface area contributed by atoms with Crippen molar-refractivity contribution in [1.29, 1.82) is 5.26 Å². The highest BCUT2D eigenvalue weighted by Gasteiger charge is 2.47. The fourth-order valence-electron chi connectivity index (χ4n) is 4.07. The Bertz CT molecular complexity index is 955. The lowest BCUT2D eigenvalue weighted by Crippen LogP contribution is -2.45. The Morgan fingerprint density at radius 1 is 1.24 bits per heavy atom. The van der Waals surface area contributed by atoms with Crippen molar-refractivity contribution >= 4 is 11.7 Å². The van der Waals surface area contributed by atoms with Crippen LogP contribution in [0.2, 0.25) is 0 Å². The quantitative estimate of drug-likeness (QED) is 0.531. The number of halogens is 1. The minimum atomic E-state index is -0.434. The number of aromatic nitrogens is 2. The second kappa shape index (κ2) is 13.0. The molecule has 0 saturated heterocycles. The second-order valence-corrected chi connectivity index (χ2v) is 8.18. The molecule has 2 heterocycles. The van der Waals surface area contributed by atoms with E-state index in [2.05, 4.69) is 33.2 Å². The number of hydrogen-bond acceptors (Lipinski definition) is 6. The molecule has 0 aromatic carbocycles. The molecule has 1 N–H and O–H groups in total. The smallest absolute Gasteiger partial charge is 0.223 e. The Morgan fingerprint density at radius 3 is 2.50 bits per heavy atom. The molecule has 1 aliphatic carbocycles. The zero-order valence-electron chi connectivity index (χ0n) is 21.0. The molecule has 2 aromatic rings. The molecule has 1 amide bonds.